The maximum atomic E-state index is 12.8. The average Bonchev–Trinajstić information content (AvgIpc) is 2.39. The standard InChI is InChI=1S/C15H21FN2O3/c1-9(2)7-13(19)15(21)18-12(14(17)20)8-10-3-5-11(16)6-4-10/h3-6,9,12-13,19H,7-8H2,1-2H3,(H2,17,20)(H,18,21)/t12-,13-/m0/s1. The van der Waals surface area contributed by atoms with Crippen molar-refractivity contribution in [3.63, 3.8) is 0 Å². The van der Waals surface area contributed by atoms with Gasteiger partial charge < -0.3 is 16.2 Å². The van der Waals surface area contributed by atoms with Gasteiger partial charge in [0.05, 0.1) is 0 Å². The molecule has 21 heavy (non-hydrogen) atoms. The molecule has 1 rings (SSSR count). The summed E-state index contributed by atoms with van der Waals surface area (Å²) in [7, 11) is 0. The van der Waals surface area contributed by atoms with E-state index in [2.05, 4.69) is 5.32 Å². The first-order valence-corrected chi connectivity index (χ1v) is 6.81. The first kappa shape index (κ1) is 17.1. The van der Waals surface area contributed by atoms with Crippen molar-refractivity contribution in [2.45, 2.75) is 38.8 Å². The summed E-state index contributed by atoms with van der Waals surface area (Å²) in [5, 5.41) is 12.1. The number of rotatable bonds is 7. The number of hydrogen-bond donors (Lipinski definition) is 3. The molecule has 0 bridgehead atoms. The van der Waals surface area contributed by atoms with Crippen LogP contribution in [0.15, 0.2) is 24.3 Å². The molecule has 0 aliphatic carbocycles. The fourth-order valence-corrected chi connectivity index (χ4v) is 1.90. The summed E-state index contributed by atoms with van der Waals surface area (Å²) in [6, 6.07) is 4.63. The Bertz CT molecular complexity index is 488. The Morgan fingerprint density at radius 2 is 1.86 bits per heavy atom. The normalized spacial score (nSPS) is 13.8. The van der Waals surface area contributed by atoms with E-state index in [0.717, 1.165) is 0 Å². The van der Waals surface area contributed by atoms with Crippen LogP contribution in [0.4, 0.5) is 4.39 Å². The number of aliphatic hydroxyl groups is 1. The highest BCUT2D eigenvalue weighted by Crippen LogP contribution is 2.08. The lowest BCUT2D eigenvalue weighted by Crippen LogP contribution is -2.49. The summed E-state index contributed by atoms with van der Waals surface area (Å²) in [6.07, 6.45) is -0.732. The third-order valence-corrected chi connectivity index (χ3v) is 3.01. The molecule has 5 nitrogen and oxygen atoms in total. The first-order valence-electron chi connectivity index (χ1n) is 6.81. The predicted octanol–water partition coefficient (Wildman–Crippen LogP) is 0.745. The van der Waals surface area contributed by atoms with Gasteiger partial charge in [0, 0.05) is 6.42 Å². The Morgan fingerprint density at radius 1 is 1.29 bits per heavy atom. The zero-order valence-corrected chi connectivity index (χ0v) is 12.2. The van der Waals surface area contributed by atoms with Crippen LogP contribution in [0, 0.1) is 11.7 Å². The van der Waals surface area contributed by atoms with Crippen LogP contribution >= 0.6 is 0 Å². The van der Waals surface area contributed by atoms with Crippen LogP contribution in [-0.4, -0.2) is 29.1 Å². The Labute approximate surface area is 123 Å². The molecular formula is C15H21FN2O3. The van der Waals surface area contributed by atoms with Crippen molar-refractivity contribution in [3.05, 3.63) is 35.6 Å². The topological polar surface area (TPSA) is 92.4 Å². The van der Waals surface area contributed by atoms with Crippen molar-refractivity contribution < 1.29 is 19.1 Å². The minimum Gasteiger partial charge on any atom is -0.383 e. The van der Waals surface area contributed by atoms with E-state index in [9.17, 15) is 19.1 Å². The number of carbonyl (C=O) groups excluding carboxylic acids is 2. The minimum absolute atomic E-state index is 0.148. The summed E-state index contributed by atoms with van der Waals surface area (Å²) in [6.45, 7) is 3.75. The van der Waals surface area contributed by atoms with Gasteiger partial charge in [0.1, 0.15) is 18.0 Å². The number of amides is 2. The van der Waals surface area contributed by atoms with Gasteiger partial charge in [0.15, 0.2) is 0 Å². The molecule has 2 atom stereocenters. The molecule has 1 aromatic rings. The van der Waals surface area contributed by atoms with Gasteiger partial charge in [-0.05, 0) is 30.0 Å². The van der Waals surface area contributed by atoms with Crippen molar-refractivity contribution in [2.24, 2.45) is 11.7 Å². The van der Waals surface area contributed by atoms with Crippen LogP contribution in [0.25, 0.3) is 0 Å². The molecule has 0 aliphatic rings. The molecular weight excluding hydrogens is 275 g/mol. The van der Waals surface area contributed by atoms with Crippen molar-refractivity contribution in [1.29, 1.82) is 0 Å². The number of benzene rings is 1. The van der Waals surface area contributed by atoms with Crippen LogP contribution in [0.2, 0.25) is 0 Å². The van der Waals surface area contributed by atoms with E-state index in [-0.39, 0.29) is 18.2 Å². The van der Waals surface area contributed by atoms with Gasteiger partial charge in [0.2, 0.25) is 11.8 Å². The van der Waals surface area contributed by atoms with Crippen LogP contribution in [-0.2, 0) is 16.0 Å². The largest absolute Gasteiger partial charge is 0.383 e. The summed E-state index contributed by atoms with van der Waals surface area (Å²) in [4.78, 5) is 23.2. The van der Waals surface area contributed by atoms with E-state index >= 15 is 0 Å². The number of carbonyl (C=O) groups is 2. The van der Waals surface area contributed by atoms with Crippen molar-refractivity contribution >= 4 is 11.8 Å². The molecule has 116 valence electrons. The highest BCUT2D eigenvalue weighted by atomic mass is 19.1. The third kappa shape index (κ3) is 5.91. The lowest BCUT2D eigenvalue weighted by molar-refractivity contribution is -0.133. The van der Waals surface area contributed by atoms with Crippen molar-refractivity contribution in [3.8, 4) is 0 Å². The first-order chi connectivity index (χ1) is 9.79. The van der Waals surface area contributed by atoms with E-state index in [1.54, 1.807) is 0 Å². The lowest BCUT2D eigenvalue weighted by Gasteiger charge is -2.19. The molecule has 0 saturated carbocycles. The molecule has 1 aromatic carbocycles. The summed E-state index contributed by atoms with van der Waals surface area (Å²) in [5.74, 6) is -1.57. The number of halogens is 1. The monoisotopic (exact) mass is 296 g/mol. The molecule has 2 amide bonds. The maximum Gasteiger partial charge on any atom is 0.249 e. The summed E-state index contributed by atoms with van der Waals surface area (Å²) >= 11 is 0. The molecule has 0 aliphatic heterocycles. The van der Waals surface area contributed by atoms with Crippen molar-refractivity contribution in [1.82, 2.24) is 5.32 Å². The molecule has 4 N–H and O–H groups in total. The molecule has 0 radical (unpaired) electrons. The molecule has 0 unspecified atom stereocenters. The Morgan fingerprint density at radius 3 is 2.33 bits per heavy atom. The van der Waals surface area contributed by atoms with Crippen molar-refractivity contribution in [2.75, 3.05) is 0 Å². The Balaban J connectivity index is 2.67. The van der Waals surface area contributed by atoms with Gasteiger partial charge in [-0.2, -0.15) is 0 Å². The van der Waals surface area contributed by atoms with E-state index in [0.29, 0.717) is 12.0 Å². The molecule has 0 saturated heterocycles. The lowest BCUT2D eigenvalue weighted by atomic mass is 10.0. The molecule has 0 aromatic heterocycles. The van der Waals surface area contributed by atoms with E-state index in [4.69, 9.17) is 5.73 Å². The Kier molecular flexibility index (Phi) is 6.30. The second-order valence-electron chi connectivity index (χ2n) is 5.44. The summed E-state index contributed by atoms with van der Waals surface area (Å²) in [5.41, 5.74) is 5.92. The van der Waals surface area contributed by atoms with Gasteiger partial charge in [-0.1, -0.05) is 26.0 Å². The number of nitrogens with one attached hydrogen (secondary N) is 1. The Hall–Kier alpha value is -1.95. The van der Waals surface area contributed by atoms with Gasteiger partial charge >= 0.3 is 0 Å². The maximum absolute atomic E-state index is 12.8. The molecule has 0 fully saturated rings. The molecule has 6 heteroatoms. The van der Waals surface area contributed by atoms with Gasteiger partial charge in [0.25, 0.3) is 0 Å². The molecule has 0 heterocycles. The zero-order chi connectivity index (χ0) is 16.0. The molecule has 0 spiro atoms. The quantitative estimate of drug-likeness (QED) is 0.693. The second kappa shape index (κ2) is 7.73. The van der Waals surface area contributed by atoms with Crippen LogP contribution in [0.3, 0.4) is 0 Å². The third-order valence-electron chi connectivity index (χ3n) is 3.01. The zero-order valence-electron chi connectivity index (χ0n) is 12.2. The van der Waals surface area contributed by atoms with Crippen LogP contribution in [0.5, 0.6) is 0 Å². The number of hydrogen-bond acceptors (Lipinski definition) is 3. The number of primary amides is 1. The predicted molar refractivity (Wildman–Crippen MR) is 76.7 cm³/mol. The van der Waals surface area contributed by atoms with E-state index in [1.165, 1.54) is 24.3 Å². The summed E-state index contributed by atoms with van der Waals surface area (Å²) < 4.78 is 12.8. The number of aliphatic hydroxyl groups excluding tert-OH is 1. The van der Waals surface area contributed by atoms with Crippen LogP contribution in [0.1, 0.15) is 25.8 Å². The van der Waals surface area contributed by atoms with Gasteiger partial charge in [-0.3, -0.25) is 9.59 Å². The van der Waals surface area contributed by atoms with Crippen LogP contribution < -0.4 is 11.1 Å². The minimum atomic E-state index is -1.18. The number of nitrogens with two attached hydrogens (primary N) is 1. The SMILES string of the molecule is CC(C)C[C@H](O)C(=O)N[C@@H](Cc1ccc(F)cc1)C(N)=O. The van der Waals surface area contributed by atoms with E-state index in [1.807, 2.05) is 13.8 Å². The highest BCUT2D eigenvalue weighted by molar-refractivity contribution is 5.88. The van der Waals surface area contributed by atoms with Gasteiger partial charge in [-0.15, -0.1) is 0 Å². The highest BCUT2D eigenvalue weighted by Gasteiger charge is 2.23. The van der Waals surface area contributed by atoms with E-state index < -0.39 is 24.0 Å². The fraction of sp³-hybridized carbons (Fsp3) is 0.467. The average molecular weight is 296 g/mol. The fourth-order valence-electron chi connectivity index (χ4n) is 1.90. The van der Waals surface area contributed by atoms with Gasteiger partial charge in [-0.25, -0.2) is 4.39 Å². The smallest absolute Gasteiger partial charge is 0.249 e. The second-order valence-corrected chi connectivity index (χ2v) is 5.44.